The summed E-state index contributed by atoms with van der Waals surface area (Å²) < 4.78 is 52.1. The first-order valence-corrected chi connectivity index (χ1v) is 7.62. The normalized spacial score (nSPS) is 11.4. The maximum atomic E-state index is 13.5. The number of halogens is 2. The summed E-state index contributed by atoms with van der Waals surface area (Å²) in [5, 5.41) is 2.87. The van der Waals surface area contributed by atoms with Gasteiger partial charge in [-0.2, -0.15) is 0 Å². The first-order chi connectivity index (χ1) is 9.92. The van der Waals surface area contributed by atoms with Crippen LogP contribution in [0.15, 0.2) is 47.4 Å². The first kappa shape index (κ1) is 15.4. The molecule has 2 rings (SSSR count). The summed E-state index contributed by atoms with van der Waals surface area (Å²) in [4.78, 5) is 0.0923. The Morgan fingerprint density at radius 1 is 1.10 bits per heavy atom. The molecule has 0 radical (unpaired) electrons. The molecule has 0 atom stereocenters. The Morgan fingerprint density at radius 3 is 2.57 bits per heavy atom. The molecular formula is C14H14F2N2O2S. The van der Waals surface area contributed by atoms with Crippen LogP contribution in [-0.4, -0.2) is 15.5 Å². The molecule has 0 spiro atoms. The SMILES string of the molecule is CNS(=O)(=O)c1cccc(NCc2cc(F)ccc2F)c1. The van der Waals surface area contributed by atoms with Crippen LogP contribution in [0.5, 0.6) is 0 Å². The fourth-order valence-electron chi connectivity index (χ4n) is 1.77. The zero-order chi connectivity index (χ0) is 15.5. The molecule has 2 N–H and O–H groups in total. The van der Waals surface area contributed by atoms with Crippen molar-refractivity contribution in [2.24, 2.45) is 0 Å². The van der Waals surface area contributed by atoms with Crippen LogP contribution in [0.2, 0.25) is 0 Å². The van der Waals surface area contributed by atoms with E-state index in [1.807, 2.05) is 0 Å². The van der Waals surface area contributed by atoms with Crippen molar-refractivity contribution in [2.75, 3.05) is 12.4 Å². The van der Waals surface area contributed by atoms with Crippen LogP contribution in [0, 0.1) is 11.6 Å². The van der Waals surface area contributed by atoms with E-state index in [4.69, 9.17) is 0 Å². The van der Waals surface area contributed by atoms with Gasteiger partial charge < -0.3 is 5.32 Å². The second-order valence-corrected chi connectivity index (χ2v) is 6.21. The van der Waals surface area contributed by atoms with Crippen LogP contribution in [0.25, 0.3) is 0 Å². The summed E-state index contributed by atoms with van der Waals surface area (Å²) in [5.41, 5.74) is 0.659. The van der Waals surface area contributed by atoms with E-state index in [1.54, 1.807) is 12.1 Å². The molecule has 0 saturated carbocycles. The third-order valence-electron chi connectivity index (χ3n) is 2.90. The fourth-order valence-corrected chi connectivity index (χ4v) is 2.54. The Bertz CT molecular complexity index is 748. The Kier molecular flexibility index (Phi) is 4.54. The van der Waals surface area contributed by atoms with Gasteiger partial charge in [0, 0.05) is 17.8 Å². The standard InChI is InChI=1S/C14H14F2N2O2S/c1-17-21(19,20)13-4-2-3-12(8-13)18-9-10-7-11(15)5-6-14(10)16/h2-8,17-18H,9H2,1H3. The summed E-state index contributed by atoms with van der Waals surface area (Å²) in [6.45, 7) is 0.0483. The summed E-state index contributed by atoms with van der Waals surface area (Å²) in [5.74, 6) is -1.05. The highest BCUT2D eigenvalue weighted by molar-refractivity contribution is 7.89. The second-order valence-electron chi connectivity index (χ2n) is 4.32. The number of nitrogens with one attached hydrogen (secondary N) is 2. The van der Waals surface area contributed by atoms with Gasteiger partial charge in [-0.15, -0.1) is 0 Å². The van der Waals surface area contributed by atoms with Crippen molar-refractivity contribution in [3.05, 3.63) is 59.7 Å². The number of sulfonamides is 1. The van der Waals surface area contributed by atoms with Gasteiger partial charge in [-0.25, -0.2) is 21.9 Å². The highest BCUT2D eigenvalue weighted by atomic mass is 32.2. The lowest BCUT2D eigenvalue weighted by Gasteiger charge is -2.09. The van der Waals surface area contributed by atoms with Crippen LogP contribution < -0.4 is 10.0 Å². The highest BCUT2D eigenvalue weighted by Crippen LogP contribution is 2.17. The van der Waals surface area contributed by atoms with Crippen molar-refractivity contribution >= 4 is 15.7 Å². The second kappa shape index (κ2) is 6.19. The van der Waals surface area contributed by atoms with E-state index in [-0.39, 0.29) is 17.0 Å². The molecule has 0 heterocycles. The van der Waals surface area contributed by atoms with Crippen LogP contribution in [0.3, 0.4) is 0 Å². The fraction of sp³-hybridized carbons (Fsp3) is 0.143. The topological polar surface area (TPSA) is 58.2 Å². The summed E-state index contributed by atoms with van der Waals surface area (Å²) in [6, 6.07) is 9.26. The highest BCUT2D eigenvalue weighted by Gasteiger charge is 2.11. The van der Waals surface area contributed by atoms with E-state index in [9.17, 15) is 17.2 Å². The first-order valence-electron chi connectivity index (χ1n) is 6.14. The Balaban J connectivity index is 2.18. The quantitative estimate of drug-likeness (QED) is 0.892. The maximum absolute atomic E-state index is 13.5. The summed E-state index contributed by atoms with van der Waals surface area (Å²) >= 11 is 0. The van der Waals surface area contributed by atoms with Crippen molar-refractivity contribution in [1.82, 2.24) is 4.72 Å². The van der Waals surface area contributed by atoms with E-state index in [0.29, 0.717) is 5.69 Å². The van der Waals surface area contributed by atoms with Gasteiger partial charge in [0.1, 0.15) is 11.6 Å². The van der Waals surface area contributed by atoms with Crippen LogP contribution in [-0.2, 0) is 16.6 Å². The number of hydrogen-bond donors (Lipinski definition) is 2. The molecule has 0 fully saturated rings. The maximum Gasteiger partial charge on any atom is 0.240 e. The van der Waals surface area contributed by atoms with Crippen molar-refractivity contribution in [1.29, 1.82) is 0 Å². The minimum absolute atomic E-state index is 0.0483. The molecule has 0 aliphatic heterocycles. The van der Waals surface area contributed by atoms with E-state index in [2.05, 4.69) is 10.0 Å². The lowest BCUT2D eigenvalue weighted by molar-refractivity contribution is 0.587. The van der Waals surface area contributed by atoms with E-state index >= 15 is 0 Å². The molecule has 0 aliphatic rings. The summed E-state index contributed by atoms with van der Waals surface area (Å²) in [7, 11) is -2.23. The van der Waals surface area contributed by atoms with Crippen molar-refractivity contribution < 1.29 is 17.2 Å². The van der Waals surface area contributed by atoms with Crippen molar-refractivity contribution in [3.8, 4) is 0 Å². The average molecular weight is 312 g/mol. The van der Waals surface area contributed by atoms with Crippen molar-refractivity contribution in [2.45, 2.75) is 11.4 Å². The van der Waals surface area contributed by atoms with Crippen LogP contribution in [0.1, 0.15) is 5.56 Å². The lowest BCUT2D eigenvalue weighted by atomic mass is 10.2. The van der Waals surface area contributed by atoms with Gasteiger partial charge >= 0.3 is 0 Å². The Labute approximate surface area is 121 Å². The van der Waals surface area contributed by atoms with Gasteiger partial charge in [-0.05, 0) is 43.4 Å². The predicted molar refractivity (Wildman–Crippen MR) is 76.4 cm³/mol. The molecule has 2 aromatic rings. The minimum atomic E-state index is -3.54. The van der Waals surface area contributed by atoms with Crippen LogP contribution >= 0.6 is 0 Å². The largest absolute Gasteiger partial charge is 0.381 e. The zero-order valence-electron chi connectivity index (χ0n) is 11.2. The Morgan fingerprint density at radius 2 is 1.86 bits per heavy atom. The van der Waals surface area contributed by atoms with Crippen LogP contribution in [0.4, 0.5) is 14.5 Å². The average Bonchev–Trinajstić information content (AvgIpc) is 2.48. The number of anilines is 1. The lowest BCUT2D eigenvalue weighted by Crippen LogP contribution is -2.18. The number of rotatable bonds is 5. The molecule has 21 heavy (non-hydrogen) atoms. The Hall–Kier alpha value is -1.99. The molecule has 0 aliphatic carbocycles. The number of hydrogen-bond acceptors (Lipinski definition) is 3. The third kappa shape index (κ3) is 3.77. The molecule has 112 valence electrons. The molecule has 4 nitrogen and oxygen atoms in total. The number of benzene rings is 2. The van der Waals surface area contributed by atoms with Gasteiger partial charge in [0.25, 0.3) is 0 Å². The zero-order valence-corrected chi connectivity index (χ0v) is 12.0. The van der Waals surface area contributed by atoms with Gasteiger partial charge in [0.2, 0.25) is 10.0 Å². The van der Waals surface area contributed by atoms with Gasteiger partial charge in [0.15, 0.2) is 0 Å². The third-order valence-corrected chi connectivity index (χ3v) is 4.32. The van der Waals surface area contributed by atoms with E-state index in [0.717, 1.165) is 18.2 Å². The van der Waals surface area contributed by atoms with Gasteiger partial charge in [-0.1, -0.05) is 6.07 Å². The molecule has 7 heteroatoms. The molecule has 2 aromatic carbocycles. The predicted octanol–water partition coefficient (Wildman–Crippen LogP) is 2.49. The summed E-state index contributed by atoms with van der Waals surface area (Å²) in [6.07, 6.45) is 0. The molecule has 0 amide bonds. The molecule has 0 saturated heterocycles. The minimum Gasteiger partial charge on any atom is -0.381 e. The van der Waals surface area contributed by atoms with Gasteiger partial charge in [-0.3, -0.25) is 0 Å². The van der Waals surface area contributed by atoms with Crippen molar-refractivity contribution in [3.63, 3.8) is 0 Å². The monoisotopic (exact) mass is 312 g/mol. The molecule has 0 bridgehead atoms. The van der Waals surface area contributed by atoms with E-state index < -0.39 is 21.7 Å². The van der Waals surface area contributed by atoms with Gasteiger partial charge in [0.05, 0.1) is 4.90 Å². The smallest absolute Gasteiger partial charge is 0.240 e. The molecular weight excluding hydrogens is 298 g/mol. The van der Waals surface area contributed by atoms with E-state index in [1.165, 1.54) is 19.2 Å². The molecule has 0 unspecified atom stereocenters. The molecule has 0 aromatic heterocycles.